The molecular formula is C22H19NO4S. The third kappa shape index (κ3) is 3.56. The predicted octanol–water partition coefficient (Wildman–Crippen LogP) is 3.74. The van der Waals surface area contributed by atoms with E-state index >= 15 is 0 Å². The average Bonchev–Trinajstić information content (AvgIpc) is 2.69. The normalized spacial score (nSPS) is 17.4. The topological polar surface area (TPSA) is 72.5 Å². The van der Waals surface area contributed by atoms with Crippen LogP contribution in [0.2, 0.25) is 0 Å². The Labute approximate surface area is 164 Å². The van der Waals surface area contributed by atoms with Crippen LogP contribution < -0.4 is 8.91 Å². The third-order valence-corrected chi connectivity index (χ3v) is 5.78. The van der Waals surface area contributed by atoms with Crippen molar-refractivity contribution in [3.8, 4) is 5.75 Å². The number of carbonyl (C=O) groups excluding carboxylic acids is 1. The van der Waals surface area contributed by atoms with Gasteiger partial charge in [-0.3, -0.25) is 4.79 Å². The van der Waals surface area contributed by atoms with Crippen LogP contribution in [-0.2, 0) is 16.7 Å². The number of carbonyl (C=O) groups is 1. The fourth-order valence-electron chi connectivity index (χ4n) is 3.47. The second-order valence-corrected chi connectivity index (χ2v) is 8.07. The van der Waals surface area contributed by atoms with Crippen molar-refractivity contribution in [3.63, 3.8) is 0 Å². The minimum Gasteiger partial charge on any atom is -0.370 e. The Balaban J connectivity index is 1.73. The van der Waals surface area contributed by atoms with Crippen molar-refractivity contribution in [3.05, 3.63) is 101 Å². The number of hydrogen-bond acceptors (Lipinski definition) is 4. The van der Waals surface area contributed by atoms with Crippen LogP contribution in [-0.4, -0.2) is 14.2 Å². The molecule has 0 aromatic heterocycles. The summed E-state index contributed by atoms with van der Waals surface area (Å²) in [5, 5.41) is 0. The van der Waals surface area contributed by atoms with Crippen LogP contribution in [0.5, 0.6) is 5.75 Å². The lowest BCUT2D eigenvalue weighted by Crippen LogP contribution is -2.38. The molecule has 0 aliphatic carbocycles. The molecule has 1 N–H and O–H groups in total. The van der Waals surface area contributed by atoms with Gasteiger partial charge in [-0.15, -0.1) is 0 Å². The van der Waals surface area contributed by atoms with E-state index in [2.05, 4.69) is 4.72 Å². The van der Waals surface area contributed by atoms with Crippen molar-refractivity contribution in [2.75, 3.05) is 0 Å². The number of ketones is 1. The molecular weight excluding hydrogens is 374 g/mol. The van der Waals surface area contributed by atoms with Crippen LogP contribution in [0.4, 0.5) is 0 Å². The summed E-state index contributed by atoms with van der Waals surface area (Å²) < 4.78 is 32.1. The Kier molecular flexibility index (Phi) is 4.75. The van der Waals surface area contributed by atoms with Gasteiger partial charge < -0.3 is 4.18 Å². The largest absolute Gasteiger partial charge is 0.383 e. The first-order valence-electron chi connectivity index (χ1n) is 8.93. The van der Waals surface area contributed by atoms with E-state index in [0.717, 1.165) is 16.7 Å². The van der Waals surface area contributed by atoms with Gasteiger partial charge in [-0.2, -0.15) is 13.1 Å². The summed E-state index contributed by atoms with van der Waals surface area (Å²) >= 11 is 0. The highest BCUT2D eigenvalue weighted by Gasteiger charge is 2.32. The maximum Gasteiger partial charge on any atom is 0.383 e. The first-order chi connectivity index (χ1) is 13.4. The molecule has 6 heteroatoms. The standard InChI is InChI=1S/C22H19NO4S/c1-15-8-7-13-19-20(23-28(25,26)27-22(15)19)14-17-11-5-6-12-18(17)21(24)16-9-3-2-4-10-16/h2-13,20,23H,14H2,1H3/t20-/m1/s1. The lowest BCUT2D eigenvalue weighted by molar-refractivity contribution is 0.103. The number of rotatable bonds is 4. The van der Waals surface area contributed by atoms with Gasteiger partial charge >= 0.3 is 10.3 Å². The molecule has 5 nitrogen and oxygen atoms in total. The van der Waals surface area contributed by atoms with Crippen molar-refractivity contribution >= 4 is 16.1 Å². The Hall–Kier alpha value is -2.96. The molecule has 0 radical (unpaired) electrons. The molecule has 142 valence electrons. The molecule has 0 spiro atoms. The van der Waals surface area contributed by atoms with E-state index in [0.29, 0.717) is 23.3 Å². The molecule has 3 aromatic carbocycles. The molecule has 1 heterocycles. The summed E-state index contributed by atoms with van der Waals surface area (Å²) in [5.74, 6) is 0.272. The Morgan fingerprint density at radius 3 is 2.46 bits per heavy atom. The molecule has 1 aliphatic heterocycles. The monoisotopic (exact) mass is 393 g/mol. The second kappa shape index (κ2) is 7.22. The summed E-state index contributed by atoms with van der Waals surface area (Å²) in [4.78, 5) is 13.0. The minimum absolute atomic E-state index is 0.0874. The van der Waals surface area contributed by atoms with E-state index in [1.165, 1.54) is 0 Å². The predicted molar refractivity (Wildman–Crippen MR) is 107 cm³/mol. The van der Waals surface area contributed by atoms with E-state index in [4.69, 9.17) is 4.18 Å². The van der Waals surface area contributed by atoms with E-state index < -0.39 is 16.3 Å². The molecule has 0 saturated carbocycles. The van der Waals surface area contributed by atoms with E-state index in [1.54, 1.807) is 18.2 Å². The maximum absolute atomic E-state index is 13.0. The zero-order valence-electron chi connectivity index (χ0n) is 15.3. The molecule has 3 aromatic rings. The summed E-state index contributed by atoms with van der Waals surface area (Å²) in [7, 11) is -3.91. The number of aryl methyl sites for hydroxylation is 1. The zero-order chi connectivity index (χ0) is 19.7. The van der Waals surface area contributed by atoms with Gasteiger partial charge in [0, 0.05) is 16.7 Å². The smallest absolute Gasteiger partial charge is 0.370 e. The molecule has 0 bridgehead atoms. The van der Waals surface area contributed by atoms with Gasteiger partial charge in [-0.05, 0) is 24.5 Å². The van der Waals surface area contributed by atoms with Crippen molar-refractivity contribution < 1.29 is 17.4 Å². The molecule has 1 aliphatic rings. The lowest BCUT2D eigenvalue weighted by atomic mass is 9.91. The fourth-order valence-corrected chi connectivity index (χ4v) is 4.53. The van der Waals surface area contributed by atoms with Gasteiger partial charge in [-0.1, -0.05) is 72.8 Å². The number of para-hydroxylation sites is 1. The summed E-state index contributed by atoms with van der Waals surface area (Å²) in [6, 6.07) is 21.3. The van der Waals surface area contributed by atoms with Crippen LogP contribution in [0.25, 0.3) is 0 Å². The van der Waals surface area contributed by atoms with Gasteiger partial charge in [0.1, 0.15) is 0 Å². The third-order valence-electron chi connectivity index (χ3n) is 4.82. The fraction of sp³-hybridized carbons (Fsp3) is 0.136. The SMILES string of the molecule is Cc1cccc2c1OS(=O)(=O)N[C@@H]2Cc1ccccc1C(=O)c1ccccc1. The highest BCUT2D eigenvalue weighted by Crippen LogP contribution is 2.36. The number of benzene rings is 3. The van der Waals surface area contributed by atoms with Crippen LogP contribution >= 0.6 is 0 Å². The van der Waals surface area contributed by atoms with E-state index in [1.807, 2.05) is 61.5 Å². The maximum atomic E-state index is 13.0. The molecule has 0 saturated heterocycles. The van der Waals surface area contributed by atoms with Crippen molar-refractivity contribution in [1.29, 1.82) is 0 Å². The van der Waals surface area contributed by atoms with Crippen molar-refractivity contribution in [1.82, 2.24) is 4.72 Å². The van der Waals surface area contributed by atoms with Crippen LogP contribution in [0.15, 0.2) is 72.8 Å². The van der Waals surface area contributed by atoms with Crippen molar-refractivity contribution in [2.24, 2.45) is 0 Å². The summed E-state index contributed by atoms with van der Waals surface area (Å²) in [6.45, 7) is 1.81. The second-order valence-electron chi connectivity index (χ2n) is 6.76. The number of fused-ring (bicyclic) bond motifs is 1. The first-order valence-corrected chi connectivity index (χ1v) is 10.3. The lowest BCUT2D eigenvalue weighted by Gasteiger charge is -2.28. The highest BCUT2D eigenvalue weighted by atomic mass is 32.2. The number of hydrogen-bond donors (Lipinski definition) is 1. The van der Waals surface area contributed by atoms with Crippen LogP contribution in [0, 0.1) is 6.92 Å². The van der Waals surface area contributed by atoms with Gasteiger partial charge in [0.15, 0.2) is 11.5 Å². The van der Waals surface area contributed by atoms with Gasteiger partial charge in [0.05, 0.1) is 6.04 Å². The molecule has 28 heavy (non-hydrogen) atoms. The van der Waals surface area contributed by atoms with Gasteiger partial charge in [0.25, 0.3) is 0 Å². The van der Waals surface area contributed by atoms with E-state index in [-0.39, 0.29) is 5.78 Å². The molecule has 4 rings (SSSR count). The number of nitrogens with one attached hydrogen (secondary N) is 1. The quantitative estimate of drug-likeness (QED) is 0.686. The molecule has 0 amide bonds. The summed E-state index contributed by atoms with van der Waals surface area (Å²) in [5.41, 5.74) is 3.45. The average molecular weight is 393 g/mol. The first kappa shape index (κ1) is 18.4. The van der Waals surface area contributed by atoms with Gasteiger partial charge in [-0.25, -0.2) is 0 Å². The Morgan fingerprint density at radius 2 is 1.68 bits per heavy atom. The zero-order valence-corrected chi connectivity index (χ0v) is 16.1. The summed E-state index contributed by atoms with van der Waals surface area (Å²) in [6.07, 6.45) is 0.341. The molecule has 0 fully saturated rings. The minimum atomic E-state index is -3.91. The Morgan fingerprint density at radius 1 is 0.964 bits per heavy atom. The van der Waals surface area contributed by atoms with Gasteiger partial charge in [0.2, 0.25) is 0 Å². The Bertz CT molecular complexity index is 1140. The highest BCUT2D eigenvalue weighted by molar-refractivity contribution is 7.85. The van der Waals surface area contributed by atoms with Crippen LogP contribution in [0.3, 0.4) is 0 Å². The van der Waals surface area contributed by atoms with Crippen molar-refractivity contribution in [2.45, 2.75) is 19.4 Å². The molecule has 0 unspecified atom stereocenters. The molecule has 1 atom stereocenters. The van der Waals surface area contributed by atoms with E-state index in [9.17, 15) is 13.2 Å². The van der Waals surface area contributed by atoms with Crippen LogP contribution in [0.1, 0.15) is 38.7 Å².